The van der Waals surface area contributed by atoms with E-state index in [9.17, 15) is 5.11 Å². The molecule has 1 aromatic heterocycles. The Balaban J connectivity index is 2.42. The van der Waals surface area contributed by atoms with Crippen molar-refractivity contribution in [2.24, 2.45) is 0 Å². The third-order valence-corrected chi connectivity index (χ3v) is 5.75. The maximum Gasteiger partial charge on any atom is 0.103 e. The molecule has 0 aromatic carbocycles. The number of hydrogen-bond donors (Lipinski definition) is 2. The molecule has 2 heterocycles. The summed E-state index contributed by atoms with van der Waals surface area (Å²) in [5.41, 5.74) is 3.58. The quantitative estimate of drug-likeness (QED) is 0.820. The van der Waals surface area contributed by atoms with Gasteiger partial charge in [0, 0.05) is 23.2 Å². The third-order valence-electron chi connectivity index (χ3n) is 3.32. The lowest BCUT2D eigenvalue weighted by atomic mass is 9.97. The number of rotatable bonds is 4. The van der Waals surface area contributed by atoms with Gasteiger partial charge in [0.2, 0.25) is 0 Å². The average molecular weight is 283 g/mol. The topological polar surface area (TPSA) is 32.3 Å². The first kappa shape index (κ1) is 14.0. The summed E-state index contributed by atoms with van der Waals surface area (Å²) in [4.78, 5) is 1.44. The minimum absolute atomic E-state index is 0.449. The Morgan fingerprint density at radius 3 is 3.00 bits per heavy atom. The molecule has 1 aliphatic rings. The molecule has 1 aliphatic heterocycles. The van der Waals surface area contributed by atoms with Crippen LogP contribution in [-0.2, 0) is 12.2 Å². The van der Waals surface area contributed by atoms with Crippen LogP contribution in [0.4, 0.5) is 5.00 Å². The highest BCUT2D eigenvalue weighted by Gasteiger charge is 2.25. The van der Waals surface area contributed by atoms with Gasteiger partial charge in [0.25, 0.3) is 0 Å². The maximum atomic E-state index is 10.6. The van der Waals surface area contributed by atoms with Crippen molar-refractivity contribution < 1.29 is 5.11 Å². The molecular formula is C14H21NOS2. The van der Waals surface area contributed by atoms with E-state index in [4.69, 9.17) is 0 Å². The van der Waals surface area contributed by atoms with Gasteiger partial charge in [-0.2, -0.15) is 11.8 Å². The molecule has 1 unspecified atom stereocenters. The normalized spacial score (nSPS) is 17.4. The molecule has 0 spiro atoms. The lowest BCUT2D eigenvalue weighted by Gasteiger charge is -2.18. The zero-order chi connectivity index (χ0) is 13.1. The number of allylic oxidation sites excluding steroid dienone is 1. The van der Waals surface area contributed by atoms with E-state index >= 15 is 0 Å². The van der Waals surface area contributed by atoms with Crippen molar-refractivity contribution in [3.8, 4) is 0 Å². The third kappa shape index (κ3) is 2.60. The largest absolute Gasteiger partial charge is 0.384 e. The summed E-state index contributed by atoms with van der Waals surface area (Å²) >= 11 is 3.79. The number of nitrogens with one attached hydrogen (secondary N) is 1. The summed E-state index contributed by atoms with van der Waals surface area (Å²) in [6, 6.07) is 0. The maximum absolute atomic E-state index is 10.6. The van der Waals surface area contributed by atoms with E-state index in [0.717, 1.165) is 34.7 Å². The molecule has 1 aromatic rings. The molecule has 2 N–H and O–H groups in total. The predicted molar refractivity (Wildman–Crippen MR) is 82.7 cm³/mol. The Hall–Kier alpha value is -0.450. The molecule has 0 fully saturated rings. The second-order valence-electron chi connectivity index (χ2n) is 4.56. The molecule has 0 saturated heterocycles. The monoisotopic (exact) mass is 283 g/mol. The first-order valence-corrected chi connectivity index (χ1v) is 8.40. The fourth-order valence-electron chi connectivity index (χ4n) is 2.39. The zero-order valence-electron chi connectivity index (χ0n) is 11.2. The highest BCUT2D eigenvalue weighted by atomic mass is 32.2. The van der Waals surface area contributed by atoms with Crippen LogP contribution in [-0.4, -0.2) is 17.9 Å². The Kier molecular flexibility index (Phi) is 4.76. The molecule has 2 rings (SSSR count). The molecular weight excluding hydrogens is 262 g/mol. The van der Waals surface area contributed by atoms with Crippen LogP contribution in [0, 0.1) is 0 Å². The molecule has 0 bridgehead atoms. The fourth-order valence-corrected chi connectivity index (χ4v) is 4.76. The summed E-state index contributed by atoms with van der Waals surface area (Å²) in [6.07, 6.45) is 3.73. The van der Waals surface area contributed by atoms with Gasteiger partial charge in [0.15, 0.2) is 0 Å². The van der Waals surface area contributed by atoms with E-state index in [1.807, 2.05) is 25.7 Å². The van der Waals surface area contributed by atoms with E-state index in [2.05, 4.69) is 18.3 Å². The smallest absolute Gasteiger partial charge is 0.103 e. The molecule has 0 saturated carbocycles. The SMILES string of the molecule is CC/C=C(\C)C(O)c1c(NC)sc2c1CCSC2. The van der Waals surface area contributed by atoms with Crippen molar-refractivity contribution >= 4 is 28.1 Å². The molecule has 0 radical (unpaired) electrons. The number of aliphatic hydroxyl groups is 1. The molecule has 0 amide bonds. The lowest BCUT2D eigenvalue weighted by Crippen LogP contribution is -2.08. The Morgan fingerprint density at radius 1 is 1.56 bits per heavy atom. The number of aliphatic hydroxyl groups excluding tert-OH is 1. The molecule has 0 aliphatic carbocycles. The molecule has 100 valence electrons. The minimum Gasteiger partial charge on any atom is -0.384 e. The summed E-state index contributed by atoms with van der Waals surface area (Å²) in [7, 11) is 1.94. The van der Waals surface area contributed by atoms with E-state index in [0.29, 0.717) is 0 Å². The average Bonchev–Trinajstić information content (AvgIpc) is 2.76. The highest BCUT2D eigenvalue weighted by molar-refractivity contribution is 7.98. The highest BCUT2D eigenvalue weighted by Crippen LogP contribution is 2.43. The molecule has 18 heavy (non-hydrogen) atoms. The van der Waals surface area contributed by atoms with Crippen LogP contribution in [0.1, 0.15) is 42.4 Å². The van der Waals surface area contributed by atoms with Gasteiger partial charge in [-0.1, -0.05) is 13.0 Å². The first-order chi connectivity index (χ1) is 8.69. The Labute approximate surface area is 117 Å². The minimum atomic E-state index is -0.449. The van der Waals surface area contributed by atoms with Crippen LogP contribution >= 0.6 is 23.1 Å². The number of anilines is 1. The van der Waals surface area contributed by atoms with E-state index in [-0.39, 0.29) is 0 Å². The molecule has 4 heteroatoms. The van der Waals surface area contributed by atoms with Gasteiger partial charge >= 0.3 is 0 Å². The van der Waals surface area contributed by atoms with E-state index in [1.54, 1.807) is 11.3 Å². The van der Waals surface area contributed by atoms with Crippen molar-refractivity contribution in [1.82, 2.24) is 0 Å². The summed E-state index contributed by atoms with van der Waals surface area (Å²) in [5, 5.41) is 15.0. The van der Waals surface area contributed by atoms with Gasteiger partial charge in [-0.3, -0.25) is 0 Å². The van der Waals surface area contributed by atoms with Crippen molar-refractivity contribution in [1.29, 1.82) is 0 Å². The van der Waals surface area contributed by atoms with Crippen molar-refractivity contribution in [2.45, 2.75) is 38.5 Å². The fraction of sp³-hybridized carbons (Fsp3) is 0.571. The van der Waals surface area contributed by atoms with Crippen LogP contribution < -0.4 is 5.32 Å². The van der Waals surface area contributed by atoms with Gasteiger partial charge in [0.05, 0.1) is 5.00 Å². The Morgan fingerprint density at radius 2 is 2.33 bits per heavy atom. The summed E-state index contributed by atoms with van der Waals surface area (Å²) < 4.78 is 0. The lowest BCUT2D eigenvalue weighted by molar-refractivity contribution is 0.215. The zero-order valence-corrected chi connectivity index (χ0v) is 12.9. The Bertz CT molecular complexity index is 451. The number of thioether (sulfide) groups is 1. The predicted octanol–water partition coefficient (Wildman–Crippen LogP) is 3.97. The van der Waals surface area contributed by atoms with Crippen LogP contribution in [0.15, 0.2) is 11.6 Å². The van der Waals surface area contributed by atoms with E-state index < -0.39 is 6.10 Å². The van der Waals surface area contributed by atoms with Crippen molar-refractivity contribution in [3.05, 3.63) is 27.7 Å². The number of fused-ring (bicyclic) bond motifs is 1. The van der Waals surface area contributed by atoms with Crippen molar-refractivity contribution in [3.63, 3.8) is 0 Å². The van der Waals surface area contributed by atoms with Gasteiger partial charge in [-0.15, -0.1) is 11.3 Å². The second-order valence-corrected chi connectivity index (χ2v) is 6.77. The summed E-state index contributed by atoms with van der Waals surface area (Å²) in [5.74, 6) is 2.26. The van der Waals surface area contributed by atoms with Crippen molar-refractivity contribution in [2.75, 3.05) is 18.1 Å². The number of hydrogen-bond acceptors (Lipinski definition) is 4. The van der Waals surface area contributed by atoms with Crippen LogP contribution in [0.3, 0.4) is 0 Å². The first-order valence-electron chi connectivity index (χ1n) is 6.43. The van der Waals surface area contributed by atoms with Gasteiger partial charge < -0.3 is 10.4 Å². The van der Waals surface area contributed by atoms with Gasteiger partial charge in [0.1, 0.15) is 6.10 Å². The van der Waals surface area contributed by atoms with Gasteiger partial charge in [-0.25, -0.2) is 0 Å². The molecule has 2 nitrogen and oxygen atoms in total. The summed E-state index contributed by atoms with van der Waals surface area (Å²) in [6.45, 7) is 4.13. The van der Waals surface area contributed by atoms with Crippen LogP contribution in [0.25, 0.3) is 0 Å². The van der Waals surface area contributed by atoms with E-state index in [1.165, 1.54) is 16.2 Å². The standard InChI is InChI=1S/C14H21NOS2/c1-4-5-9(2)13(16)12-10-6-7-17-8-11(10)18-14(12)15-3/h5,13,15-16H,4,6-8H2,1-3H3/b9-5+. The molecule has 1 atom stereocenters. The number of thiophene rings is 1. The van der Waals surface area contributed by atoms with Crippen LogP contribution in [0.5, 0.6) is 0 Å². The van der Waals surface area contributed by atoms with Crippen LogP contribution in [0.2, 0.25) is 0 Å². The van der Waals surface area contributed by atoms with Gasteiger partial charge in [-0.05, 0) is 36.7 Å². The second kappa shape index (κ2) is 6.13.